The summed E-state index contributed by atoms with van der Waals surface area (Å²) in [5.41, 5.74) is 0.755. The zero-order chi connectivity index (χ0) is 14.4. The van der Waals surface area contributed by atoms with Crippen LogP contribution in [-0.4, -0.2) is 23.4 Å². The summed E-state index contributed by atoms with van der Waals surface area (Å²) < 4.78 is 0. The van der Waals surface area contributed by atoms with Crippen LogP contribution >= 0.6 is 12.6 Å². The first-order chi connectivity index (χ1) is 8.99. The van der Waals surface area contributed by atoms with Gasteiger partial charge in [-0.25, -0.2) is 0 Å². The fourth-order valence-electron chi connectivity index (χ4n) is 2.29. The van der Waals surface area contributed by atoms with Crippen molar-refractivity contribution in [1.82, 2.24) is 4.90 Å². The molecule has 0 N–H and O–H groups in total. The second-order valence-electron chi connectivity index (χ2n) is 5.37. The number of hydrogen-bond acceptors (Lipinski definition) is 2. The highest BCUT2D eigenvalue weighted by Gasteiger charge is 2.22. The second kappa shape index (κ2) is 7.59. The Morgan fingerprint density at radius 3 is 2.11 bits per heavy atom. The minimum absolute atomic E-state index is 0.135. The van der Waals surface area contributed by atoms with E-state index in [0.29, 0.717) is 12.0 Å². The van der Waals surface area contributed by atoms with E-state index in [1.54, 1.807) is 0 Å². The number of amides is 1. The van der Waals surface area contributed by atoms with Crippen molar-refractivity contribution in [2.45, 2.75) is 51.5 Å². The SMILES string of the molecule is CCC(CC)N(CC(C)C)C(=O)c1ccc(S)cc1. The van der Waals surface area contributed by atoms with E-state index < -0.39 is 0 Å². The summed E-state index contributed by atoms with van der Waals surface area (Å²) in [5.74, 6) is 0.615. The molecule has 0 unspecified atom stereocenters. The average molecular weight is 279 g/mol. The van der Waals surface area contributed by atoms with Gasteiger partial charge in [-0.05, 0) is 43.0 Å². The summed E-state index contributed by atoms with van der Waals surface area (Å²) in [6, 6.07) is 7.79. The van der Waals surface area contributed by atoms with E-state index in [0.717, 1.165) is 29.8 Å². The van der Waals surface area contributed by atoms with Crippen molar-refractivity contribution in [1.29, 1.82) is 0 Å². The van der Waals surface area contributed by atoms with Gasteiger partial charge < -0.3 is 4.90 Å². The van der Waals surface area contributed by atoms with E-state index in [4.69, 9.17) is 0 Å². The molecule has 0 bridgehead atoms. The summed E-state index contributed by atoms with van der Waals surface area (Å²) in [4.78, 5) is 15.6. The second-order valence-corrected chi connectivity index (χ2v) is 5.88. The molecule has 1 amide bonds. The number of thiol groups is 1. The monoisotopic (exact) mass is 279 g/mol. The topological polar surface area (TPSA) is 20.3 Å². The molecule has 0 radical (unpaired) electrons. The number of rotatable bonds is 6. The Morgan fingerprint density at radius 2 is 1.68 bits per heavy atom. The van der Waals surface area contributed by atoms with E-state index in [1.807, 2.05) is 29.2 Å². The van der Waals surface area contributed by atoms with Gasteiger partial charge in [0.1, 0.15) is 0 Å². The van der Waals surface area contributed by atoms with E-state index in [9.17, 15) is 4.79 Å². The molecule has 0 aliphatic carbocycles. The molecule has 0 atom stereocenters. The van der Waals surface area contributed by atoms with Gasteiger partial charge in [0.15, 0.2) is 0 Å². The van der Waals surface area contributed by atoms with E-state index in [-0.39, 0.29) is 5.91 Å². The first-order valence-electron chi connectivity index (χ1n) is 7.09. The average Bonchev–Trinajstić information content (AvgIpc) is 2.38. The van der Waals surface area contributed by atoms with Crippen molar-refractivity contribution < 1.29 is 4.79 Å². The van der Waals surface area contributed by atoms with Gasteiger partial charge in [-0.15, -0.1) is 12.6 Å². The van der Waals surface area contributed by atoms with Crippen LogP contribution in [0.25, 0.3) is 0 Å². The first-order valence-corrected chi connectivity index (χ1v) is 7.54. The predicted octanol–water partition coefficient (Wildman–Crippen LogP) is 4.26. The summed E-state index contributed by atoms with van der Waals surface area (Å²) in [6.07, 6.45) is 2.00. The number of hydrogen-bond donors (Lipinski definition) is 1. The molecule has 0 aliphatic heterocycles. The molecule has 0 saturated carbocycles. The molecule has 0 fully saturated rings. The largest absolute Gasteiger partial charge is 0.335 e. The Hall–Kier alpha value is -0.960. The lowest BCUT2D eigenvalue weighted by molar-refractivity contribution is 0.0640. The van der Waals surface area contributed by atoms with Gasteiger partial charge in [-0.2, -0.15) is 0 Å². The van der Waals surface area contributed by atoms with Crippen LogP contribution in [0.15, 0.2) is 29.2 Å². The van der Waals surface area contributed by atoms with Crippen LogP contribution in [0, 0.1) is 5.92 Å². The van der Waals surface area contributed by atoms with Gasteiger partial charge in [0, 0.05) is 23.0 Å². The third kappa shape index (κ3) is 4.57. The van der Waals surface area contributed by atoms with Gasteiger partial charge in [0.2, 0.25) is 0 Å². The van der Waals surface area contributed by atoms with Crippen molar-refractivity contribution in [3.8, 4) is 0 Å². The Bertz CT molecular complexity index is 396. The van der Waals surface area contributed by atoms with Crippen LogP contribution in [-0.2, 0) is 0 Å². The molecule has 106 valence electrons. The maximum atomic E-state index is 12.7. The van der Waals surface area contributed by atoms with Crippen molar-refractivity contribution in [3.63, 3.8) is 0 Å². The maximum Gasteiger partial charge on any atom is 0.254 e. The number of nitrogens with zero attached hydrogens (tertiary/aromatic N) is 1. The third-order valence-corrected chi connectivity index (χ3v) is 3.62. The molecule has 0 aromatic heterocycles. The third-order valence-electron chi connectivity index (χ3n) is 3.32. The molecule has 0 heterocycles. The molecule has 1 aromatic carbocycles. The highest BCUT2D eigenvalue weighted by Crippen LogP contribution is 2.17. The van der Waals surface area contributed by atoms with E-state index in [1.165, 1.54) is 0 Å². The van der Waals surface area contributed by atoms with Crippen molar-refractivity contribution in [3.05, 3.63) is 29.8 Å². The Labute approximate surface area is 122 Å². The highest BCUT2D eigenvalue weighted by atomic mass is 32.1. The summed E-state index contributed by atoms with van der Waals surface area (Å²) in [7, 11) is 0. The summed E-state index contributed by atoms with van der Waals surface area (Å²) in [5, 5.41) is 0. The van der Waals surface area contributed by atoms with Crippen LogP contribution < -0.4 is 0 Å². The molecule has 0 saturated heterocycles. The molecule has 1 aromatic rings. The smallest absolute Gasteiger partial charge is 0.254 e. The van der Waals surface area contributed by atoms with Crippen LogP contribution in [0.4, 0.5) is 0 Å². The number of carbonyl (C=O) groups is 1. The zero-order valence-electron chi connectivity index (χ0n) is 12.4. The molecule has 0 spiro atoms. The van der Waals surface area contributed by atoms with Crippen molar-refractivity contribution in [2.75, 3.05) is 6.54 Å². The Balaban J connectivity index is 2.96. The molecule has 3 heteroatoms. The Kier molecular flexibility index (Phi) is 6.43. The highest BCUT2D eigenvalue weighted by molar-refractivity contribution is 7.80. The number of carbonyl (C=O) groups excluding carboxylic acids is 1. The van der Waals surface area contributed by atoms with Crippen molar-refractivity contribution >= 4 is 18.5 Å². The molecule has 1 rings (SSSR count). The minimum Gasteiger partial charge on any atom is -0.335 e. The van der Waals surface area contributed by atoms with Gasteiger partial charge in [0.05, 0.1) is 0 Å². The van der Waals surface area contributed by atoms with Gasteiger partial charge in [-0.3, -0.25) is 4.79 Å². The quantitative estimate of drug-likeness (QED) is 0.771. The molecule has 0 aliphatic rings. The standard InChI is InChI=1S/C16H25NOS/c1-5-14(6-2)17(11-12(3)4)16(18)13-7-9-15(19)10-8-13/h7-10,12,14,19H,5-6,11H2,1-4H3. The van der Waals surface area contributed by atoms with Crippen LogP contribution in [0.5, 0.6) is 0 Å². The maximum absolute atomic E-state index is 12.7. The van der Waals surface area contributed by atoms with Crippen LogP contribution in [0.3, 0.4) is 0 Å². The fraction of sp³-hybridized carbons (Fsp3) is 0.562. The van der Waals surface area contributed by atoms with Crippen LogP contribution in [0.1, 0.15) is 50.9 Å². The van der Waals surface area contributed by atoms with Gasteiger partial charge in [-0.1, -0.05) is 27.7 Å². The minimum atomic E-state index is 0.135. The summed E-state index contributed by atoms with van der Waals surface area (Å²) in [6.45, 7) is 9.41. The lowest BCUT2D eigenvalue weighted by Gasteiger charge is -2.32. The molecule has 2 nitrogen and oxygen atoms in total. The van der Waals surface area contributed by atoms with Gasteiger partial charge >= 0.3 is 0 Å². The molecular formula is C16H25NOS. The Morgan fingerprint density at radius 1 is 1.16 bits per heavy atom. The van der Waals surface area contributed by atoms with Gasteiger partial charge in [0.25, 0.3) is 5.91 Å². The lowest BCUT2D eigenvalue weighted by atomic mass is 10.1. The van der Waals surface area contributed by atoms with E-state index in [2.05, 4.69) is 40.3 Å². The van der Waals surface area contributed by atoms with Crippen molar-refractivity contribution in [2.24, 2.45) is 5.92 Å². The zero-order valence-corrected chi connectivity index (χ0v) is 13.3. The lowest BCUT2D eigenvalue weighted by Crippen LogP contribution is -2.42. The van der Waals surface area contributed by atoms with Crippen LogP contribution in [0.2, 0.25) is 0 Å². The molecular weight excluding hydrogens is 254 g/mol. The first kappa shape index (κ1) is 16.1. The number of benzene rings is 1. The van der Waals surface area contributed by atoms with E-state index >= 15 is 0 Å². The normalized spacial score (nSPS) is 11.1. The summed E-state index contributed by atoms with van der Waals surface area (Å²) >= 11 is 4.26. The predicted molar refractivity (Wildman–Crippen MR) is 83.9 cm³/mol. The fourth-order valence-corrected chi connectivity index (χ4v) is 2.44. The molecule has 19 heavy (non-hydrogen) atoms.